The number of pyridine rings is 1. The number of aliphatic hydroxyl groups excluding tert-OH is 1. The van der Waals surface area contributed by atoms with Crippen molar-refractivity contribution in [2.45, 2.75) is 32.8 Å². The van der Waals surface area contributed by atoms with Crippen molar-refractivity contribution >= 4 is 23.2 Å². The van der Waals surface area contributed by atoms with Crippen LogP contribution in [0.15, 0.2) is 12.3 Å². The fraction of sp³-hybridized carbons (Fsp3) is 0.500. The van der Waals surface area contributed by atoms with E-state index in [9.17, 15) is 9.90 Å². The van der Waals surface area contributed by atoms with Crippen LogP contribution in [-0.4, -0.2) is 22.0 Å². The molecule has 1 aromatic heterocycles. The maximum atomic E-state index is 12.0. The van der Waals surface area contributed by atoms with E-state index >= 15 is 0 Å². The molecule has 0 amide bonds. The Labute approximate surface area is 106 Å². The number of Topliss-reactive ketones (excluding diaryl/α,β-unsaturated/α-hetero) is 1. The van der Waals surface area contributed by atoms with Crippen LogP contribution in [0.2, 0.25) is 5.02 Å². The fourth-order valence-corrected chi connectivity index (χ4v) is 1.91. The number of carbonyl (C=O) groups excluding carboxylic acids is 1. The van der Waals surface area contributed by atoms with E-state index in [-0.39, 0.29) is 17.3 Å². The summed E-state index contributed by atoms with van der Waals surface area (Å²) >= 11 is 5.76. The molecule has 0 aromatic carbocycles. The molecule has 0 aliphatic heterocycles. The highest BCUT2D eigenvalue weighted by atomic mass is 35.5. The molecule has 5 heteroatoms. The minimum absolute atomic E-state index is 0.0686. The highest BCUT2D eigenvalue weighted by Crippen LogP contribution is 2.21. The van der Waals surface area contributed by atoms with Gasteiger partial charge in [-0.2, -0.15) is 0 Å². The largest absolute Gasteiger partial charge is 0.385 e. The Balaban J connectivity index is 2.99. The van der Waals surface area contributed by atoms with Crippen molar-refractivity contribution in [3.63, 3.8) is 0 Å². The predicted molar refractivity (Wildman–Crippen MR) is 68.1 cm³/mol. The van der Waals surface area contributed by atoms with Crippen molar-refractivity contribution in [1.82, 2.24) is 4.98 Å². The van der Waals surface area contributed by atoms with E-state index in [0.717, 1.165) is 12.8 Å². The summed E-state index contributed by atoms with van der Waals surface area (Å²) in [7, 11) is 0. The second-order valence-corrected chi connectivity index (χ2v) is 4.41. The molecule has 0 saturated heterocycles. The smallest absolute Gasteiger partial charge is 0.195 e. The van der Waals surface area contributed by atoms with Gasteiger partial charge in [-0.15, -0.1) is 0 Å². The van der Waals surface area contributed by atoms with Crippen molar-refractivity contribution in [2.75, 3.05) is 5.73 Å². The molecule has 0 spiro atoms. The number of aromatic nitrogens is 1. The topological polar surface area (TPSA) is 76.2 Å². The van der Waals surface area contributed by atoms with Crippen molar-refractivity contribution in [3.8, 4) is 0 Å². The number of anilines is 1. The first-order valence-electron chi connectivity index (χ1n) is 5.64. The Morgan fingerprint density at radius 1 is 1.53 bits per heavy atom. The zero-order valence-corrected chi connectivity index (χ0v) is 10.7. The van der Waals surface area contributed by atoms with Gasteiger partial charge in [-0.25, -0.2) is 4.98 Å². The normalized spacial score (nSPS) is 12.8. The summed E-state index contributed by atoms with van der Waals surface area (Å²) in [6.45, 7) is 3.87. The lowest BCUT2D eigenvalue weighted by Crippen LogP contribution is -2.29. The van der Waals surface area contributed by atoms with Gasteiger partial charge in [0.05, 0.1) is 10.6 Å². The van der Waals surface area contributed by atoms with E-state index < -0.39 is 11.9 Å². The molecule has 1 rings (SSSR count). The number of nitrogen functional groups attached to an aromatic ring is 1. The van der Waals surface area contributed by atoms with Crippen LogP contribution < -0.4 is 5.73 Å². The summed E-state index contributed by atoms with van der Waals surface area (Å²) in [5.74, 6) is -0.378. The minimum atomic E-state index is -1.05. The summed E-state index contributed by atoms with van der Waals surface area (Å²) in [6.07, 6.45) is 1.79. The van der Waals surface area contributed by atoms with E-state index in [2.05, 4.69) is 4.98 Å². The Morgan fingerprint density at radius 2 is 2.12 bits per heavy atom. The predicted octanol–water partition coefficient (Wildman–Crippen LogP) is 2.30. The van der Waals surface area contributed by atoms with Crippen LogP contribution in [0.5, 0.6) is 0 Å². The molecule has 94 valence electrons. The van der Waals surface area contributed by atoms with E-state index in [0.29, 0.717) is 5.02 Å². The zero-order chi connectivity index (χ0) is 13.0. The van der Waals surface area contributed by atoms with Crippen LogP contribution in [-0.2, 0) is 0 Å². The molecular weight excluding hydrogens is 240 g/mol. The molecule has 4 nitrogen and oxygen atoms in total. The van der Waals surface area contributed by atoms with E-state index in [4.69, 9.17) is 17.3 Å². The number of ketones is 1. The van der Waals surface area contributed by atoms with E-state index in [1.165, 1.54) is 12.3 Å². The summed E-state index contributed by atoms with van der Waals surface area (Å²) in [4.78, 5) is 15.9. The van der Waals surface area contributed by atoms with E-state index in [1.54, 1.807) is 0 Å². The van der Waals surface area contributed by atoms with Gasteiger partial charge in [0.2, 0.25) is 0 Å². The number of aliphatic hydroxyl groups is 1. The molecule has 3 N–H and O–H groups in total. The lowest BCUT2D eigenvalue weighted by atomic mass is 9.91. The zero-order valence-electron chi connectivity index (χ0n) is 9.98. The Hall–Kier alpha value is -1.13. The number of nitrogens with two attached hydrogens (primary N) is 1. The van der Waals surface area contributed by atoms with Crippen LogP contribution in [0, 0.1) is 5.92 Å². The summed E-state index contributed by atoms with van der Waals surface area (Å²) in [6, 6.07) is 1.44. The first kappa shape index (κ1) is 13.9. The molecular formula is C12H17ClN2O2. The van der Waals surface area contributed by atoms with Gasteiger partial charge in [0.25, 0.3) is 0 Å². The van der Waals surface area contributed by atoms with Gasteiger partial charge in [0, 0.05) is 6.20 Å². The number of hydrogen-bond donors (Lipinski definition) is 2. The Morgan fingerprint density at radius 3 is 2.65 bits per heavy atom. The Bertz CT molecular complexity index is 405. The first-order valence-corrected chi connectivity index (χ1v) is 6.02. The van der Waals surface area contributed by atoms with Crippen LogP contribution in [0.1, 0.15) is 37.0 Å². The number of hydrogen-bond acceptors (Lipinski definition) is 4. The third-order valence-electron chi connectivity index (χ3n) is 2.91. The van der Waals surface area contributed by atoms with Gasteiger partial charge in [0.15, 0.2) is 5.78 Å². The van der Waals surface area contributed by atoms with Gasteiger partial charge in [0.1, 0.15) is 11.9 Å². The summed E-state index contributed by atoms with van der Waals surface area (Å²) < 4.78 is 0. The summed E-state index contributed by atoms with van der Waals surface area (Å²) in [5.41, 5.74) is 5.80. The maximum Gasteiger partial charge on any atom is 0.195 e. The standard InChI is InChI=1S/C12H17ClN2O2/c1-3-7(4-2)10(16)11(17)9-5-8(13)6-15-12(9)14/h5-7,10,16H,3-4H2,1-2H3,(H2,14,15). The molecule has 1 unspecified atom stereocenters. The Kier molecular flexibility index (Phi) is 4.90. The quantitative estimate of drug-likeness (QED) is 0.793. The second kappa shape index (κ2) is 5.98. The number of rotatable bonds is 5. The third kappa shape index (κ3) is 3.17. The molecule has 0 radical (unpaired) electrons. The first-order chi connectivity index (χ1) is 8.01. The fourth-order valence-electron chi connectivity index (χ4n) is 1.76. The monoisotopic (exact) mass is 256 g/mol. The number of nitrogens with zero attached hydrogens (tertiary/aromatic N) is 1. The van der Waals surface area contributed by atoms with Crippen molar-refractivity contribution in [2.24, 2.45) is 5.92 Å². The van der Waals surface area contributed by atoms with Crippen LogP contribution in [0.25, 0.3) is 0 Å². The minimum Gasteiger partial charge on any atom is -0.385 e. The molecule has 1 heterocycles. The maximum absolute atomic E-state index is 12.0. The highest BCUT2D eigenvalue weighted by Gasteiger charge is 2.26. The van der Waals surface area contributed by atoms with Crippen LogP contribution in [0.4, 0.5) is 5.82 Å². The number of carbonyl (C=O) groups is 1. The third-order valence-corrected chi connectivity index (χ3v) is 3.12. The highest BCUT2D eigenvalue weighted by molar-refractivity contribution is 6.31. The van der Waals surface area contributed by atoms with Crippen LogP contribution in [0.3, 0.4) is 0 Å². The van der Waals surface area contributed by atoms with Gasteiger partial charge >= 0.3 is 0 Å². The second-order valence-electron chi connectivity index (χ2n) is 3.97. The van der Waals surface area contributed by atoms with E-state index in [1.807, 2.05) is 13.8 Å². The average molecular weight is 257 g/mol. The molecule has 0 fully saturated rings. The molecule has 0 saturated carbocycles. The van der Waals surface area contributed by atoms with Gasteiger partial charge in [-0.1, -0.05) is 38.3 Å². The van der Waals surface area contributed by atoms with Crippen molar-refractivity contribution in [1.29, 1.82) is 0 Å². The van der Waals surface area contributed by atoms with Crippen LogP contribution >= 0.6 is 11.6 Å². The van der Waals surface area contributed by atoms with Gasteiger partial charge in [-0.05, 0) is 12.0 Å². The summed E-state index contributed by atoms with van der Waals surface area (Å²) in [5, 5.41) is 10.3. The average Bonchev–Trinajstić information content (AvgIpc) is 2.32. The van der Waals surface area contributed by atoms with Gasteiger partial charge in [-0.3, -0.25) is 4.79 Å². The van der Waals surface area contributed by atoms with Gasteiger partial charge < -0.3 is 10.8 Å². The van der Waals surface area contributed by atoms with Crippen molar-refractivity contribution < 1.29 is 9.90 Å². The molecule has 0 aliphatic rings. The molecule has 0 aliphatic carbocycles. The lowest BCUT2D eigenvalue weighted by molar-refractivity contribution is 0.0588. The molecule has 17 heavy (non-hydrogen) atoms. The molecule has 1 atom stereocenters. The van der Waals surface area contributed by atoms with Crippen molar-refractivity contribution in [3.05, 3.63) is 22.8 Å². The molecule has 0 bridgehead atoms. The molecule has 1 aromatic rings. The SMILES string of the molecule is CCC(CC)C(O)C(=O)c1cc(Cl)cnc1N. The number of halogens is 1. The lowest BCUT2D eigenvalue weighted by Gasteiger charge is -2.19.